The van der Waals surface area contributed by atoms with Crippen molar-refractivity contribution >= 4 is 23.7 Å². The standard InChI is InChI=1S/C22H28FN5O3S/c1-12(16-10-14-7-8-15(16)9-14)28-19(11-31-18-6-4-3-5-17(18)23)26-27-22(28)32-13(2)20(29)25-21(24)30/h3-6,12-16H,7-11H2,1-2H3,(H3,24,25,29,30). The number of urea groups is 1. The quantitative estimate of drug-likeness (QED) is 0.580. The summed E-state index contributed by atoms with van der Waals surface area (Å²) >= 11 is 1.21. The van der Waals surface area contributed by atoms with Gasteiger partial charge in [-0.15, -0.1) is 10.2 Å². The summed E-state index contributed by atoms with van der Waals surface area (Å²) < 4.78 is 21.7. The Labute approximate surface area is 190 Å². The van der Waals surface area contributed by atoms with E-state index in [0.717, 1.165) is 5.92 Å². The van der Waals surface area contributed by atoms with Gasteiger partial charge in [-0.25, -0.2) is 9.18 Å². The molecular formula is C22H28FN5O3S. The van der Waals surface area contributed by atoms with Gasteiger partial charge in [0, 0.05) is 6.04 Å². The van der Waals surface area contributed by atoms with Crippen molar-refractivity contribution in [3.05, 3.63) is 35.9 Å². The lowest BCUT2D eigenvalue weighted by Gasteiger charge is -2.30. The van der Waals surface area contributed by atoms with Crippen LogP contribution in [0.1, 0.15) is 51.4 Å². The lowest BCUT2D eigenvalue weighted by Crippen LogP contribution is -2.39. The van der Waals surface area contributed by atoms with Gasteiger partial charge in [-0.3, -0.25) is 14.7 Å². The van der Waals surface area contributed by atoms with Gasteiger partial charge in [0.15, 0.2) is 22.5 Å². The molecule has 0 aliphatic heterocycles. The fraction of sp³-hybridized carbons (Fsp3) is 0.545. The van der Waals surface area contributed by atoms with E-state index in [1.807, 2.05) is 4.57 Å². The Morgan fingerprint density at radius 2 is 2.06 bits per heavy atom. The van der Waals surface area contributed by atoms with Crippen molar-refractivity contribution in [2.45, 2.75) is 62.6 Å². The van der Waals surface area contributed by atoms with Crippen LogP contribution in [0.5, 0.6) is 5.75 Å². The lowest BCUT2D eigenvalue weighted by molar-refractivity contribution is -0.119. The number of carbonyl (C=O) groups is 2. The molecule has 1 aromatic heterocycles. The molecule has 3 N–H and O–H groups in total. The summed E-state index contributed by atoms with van der Waals surface area (Å²) in [5.41, 5.74) is 5.07. The summed E-state index contributed by atoms with van der Waals surface area (Å²) in [6, 6.07) is 5.45. The van der Waals surface area contributed by atoms with Gasteiger partial charge >= 0.3 is 6.03 Å². The van der Waals surface area contributed by atoms with Crippen molar-refractivity contribution < 1.29 is 18.7 Å². The second kappa shape index (κ2) is 9.48. The topological polar surface area (TPSA) is 112 Å². The van der Waals surface area contributed by atoms with Crippen LogP contribution in [0.2, 0.25) is 0 Å². The largest absolute Gasteiger partial charge is 0.483 e. The molecule has 32 heavy (non-hydrogen) atoms. The highest BCUT2D eigenvalue weighted by Crippen LogP contribution is 2.52. The highest BCUT2D eigenvalue weighted by Gasteiger charge is 2.43. The minimum Gasteiger partial charge on any atom is -0.483 e. The number of thioether (sulfide) groups is 1. The van der Waals surface area contributed by atoms with E-state index in [1.54, 1.807) is 25.1 Å². The van der Waals surface area contributed by atoms with E-state index < -0.39 is 23.0 Å². The third-order valence-corrected chi connectivity index (χ3v) is 7.70. The molecule has 1 aromatic carbocycles. The normalized spacial score (nSPS) is 23.7. The highest BCUT2D eigenvalue weighted by molar-refractivity contribution is 8.00. The maximum absolute atomic E-state index is 14.0. The number of aromatic nitrogens is 3. The molecule has 0 radical (unpaired) electrons. The van der Waals surface area contributed by atoms with E-state index in [1.165, 1.54) is 43.5 Å². The number of hydrogen-bond acceptors (Lipinski definition) is 6. The van der Waals surface area contributed by atoms with Crippen molar-refractivity contribution in [2.24, 2.45) is 23.5 Å². The zero-order valence-electron chi connectivity index (χ0n) is 18.2. The van der Waals surface area contributed by atoms with Crippen LogP contribution in [-0.2, 0) is 11.4 Å². The smallest absolute Gasteiger partial charge is 0.318 e. The van der Waals surface area contributed by atoms with E-state index in [4.69, 9.17) is 10.5 Å². The number of nitrogens with two attached hydrogens (primary N) is 1. The molecule has 10 heteroatoms. The summed E-state index contributed by atoms with van der Waals surface area (Å²) in [4.78, 5) is 23.2. The van der Waals surface area contributed by atoms with E-state index in [-0.39, 0.29) is 18.4 Å². The summed E-state index contributed by atoms with van der Waals surface area (Å²) in [6.07, 6.45) is 4.96. The molecule has 1 heterocycles. The van der Waals surface area contributed by atoms with Crippen LogP contribution in [0, 0.1) is 23.6 Å². The number of fused-ring (bicyclic) bond motifs is 2. The molecule has 4 rings (SSSR count). The van der Waals surface area contributed by atoms with Gasteiger partial charge in [-0.05, 0) is 63.0 Å². The molecule has 2 aromatic rings. The zero-order valence-corrected chi connectivity index (χ0v) is 19.0. The first-order chi connectivity index (χ1) is 15.3. The Bertz CT molecular complexity index is 1000. The number of nitrogens with zero attached hydrogens (tertiary/aromatic N) is 3. The van der Waals surface area contributed by atoms with Gasteiger partial charge in [-0.1, -0.05) is 30.3 Å². The molecule has 3 amide bonds. The van der Waals surface area contributed by atoms with Crippen molar-refractivity contribution in [3.63, 3.8) is 0 Å². The van der Waals surface area contributed by atoms with Crippen LogP contribution in [0.25, 0.3) is 0 Å². The van der Waals surface area contributed by atoms with Crippen LogP contribution >= 0.6 is 11.8 Å². The molecule has 5 atom stereocenters. The van der Waals surface area contributed by atoms with Crippen molar-refractivity contribution in [2.75, 3.05) is 0 Å². The summed E-state index contributed by atoms with van der Waals surface area (Å²) in [5.74, 6) is 1.74. The molecule has 8 nitrogen and oxygen atoms in total. The maximum Gasteiger partial charge on any atom is 0.318 e. The van der Waals surface area contributed by atoms with Crippen molar-refractivity contribution in [1.82, 2.24) is 20.1 Å². The molecule has 0 saturated heterocycles. The third kappa shape index (κ3) is 4.74. The predicted octanol–water partition coefficient (Wildman–Crippen LogP) is 3.67. The average molecular weight is 462 g/mol. The molecule has 2 aliphatic carbocycles. The van der Waals surface area contributed by atoms with Crippen molar-refractivity contribution in [3.8, 4) is 5.75 Å². The molecule has 172 valence electrons. The van der Waals surface area contributed by atoms with E-state index in [0.29, 0.717) is 22.8 Å². The van der Waals surface area contributed by atoms with Gasteiger partial charge in [0.25, 0.3) is 0 Å². The molecule has 2 saturated carbocycles. The van der Waals surface area contributed by atoms with Crippen LogP contribution in [0.15, 0.2) is 29.4 Å². The summed E-state index contributed by atoms with van der Waals surface area (Å²) in [7, 11) is 0. The highest BCUT2D eigenvalue weighted by atomic mass is 32.2. The summed E-state index contributed by atoms with van der Waals surface area (Å²) in [5, 5.41) is 10.7. The van der Waals surface area contributed by atoms with Gasteiger partial charge in [0.1, 0.15) is 6.61 Å². The third-order valence-electron chi connectivity index (χ3n) is 6.65. The average Bonchev–Trinajstić information content (AvgIpc) is 3.48. The van der Waals surface area contributed by atoms with Crippen LogP contribution in [0.4, 0.5) is 9.18 Å². The number of halogens is 1. The summed E-state index contributed by atoms with van der Waals surface area (Å²) in [6.45, 7) is 3.89. The fourth-order valence-corrected chi connectivity index (χ4v) is 6.07. The number of benzene rings is 1. The molecule has 5 unspecified atom stereocenters. The number of hydrogen-bond donors (Lipinski definition) is 2. The van der Waals surface area contributed by atoms with Gasteiger partial charge in [-0.2, -0.15) is 0 Å². The SMILES string of the molecule is CC(Sc1nnc(COc2ccccc2F)n1C(C)C1CC2CCC1C2)C(=O)NC(N)=O. The Hall–Kier alpha value is -2.62. The number of imide groups is 1. The Kier molecular flexibility index (Phi) is 6.68. The molecular weight excluding hydrogens is 433 g/mol. The maximum atomic E-state index is 14.0. The van der Waals surface area contributed by atoms with Crippen molar-refractivity contribution in [1.29, 1.82) is 0 Å². The van der Waals surface area contributed by atoms with Gasteiger partial charge in [0.05, 0.1) is 5.25 Å². The van der Waals surface area contributed by atoms with Gasteiger partial charge in [0.2, 0.25) is 5.91 Å². The number of amides is 3. The second-order valence-corrected chi connectivity index (χ2v) is 9.99. The number of ether oxygens (including phenoxy) is 1. The number of primary amides is 1. The van der Waals surface area contributed by atoms with Gasteiger partial charge < -0.3 is 10.5 Å². The molecule has 2 bridgehead atoms. The van der Waals surface area contributed by atoms with Crippen LogP contribution in [-0.4, -0.2) is 32.0 Å². The Morgan fingerprint density at radius 3 is 2.72 bits per heavy atom. The first-order valence-electron chi connectivity index (χ1n) is 10.9. The fourth-order valence-electron chi connectivity index (χ4n) is 5.11. The first-order valence-corrected chi connectivity index (χ1v) is 11.8. The monoisotopic (exact) mass is 461 g/mol. The number of rotatable bonds is 8. The molecule has 2 fully saturated rings. The van der Waals surface area contributed by atoms with Crippen LogP contribution in [0.3, 0.4) is 0 Å². The second-order valence-electron chi connectivity index (χ2n) is 8.68. The minimum atomic E-state index is -0.891. The Balaban J connectivity index is 1.57. The number of nitrogens with one attached hydrogen (secondary N) is 1. The molecule has 2 aliphatic rings. The van der Waals surface area contributed by atoms with E-state index in [9.17, 15) is 14.0 Å². The Morgan fingerprint density at radius 1 is 1.28 bits per heavy atom. The van der Waals surface area contributed by atoms with E-state index >= 15 is 0 Å². The van der Waals surface area contributed by atoms with E-state index in [2.05, 4.69) is 22.4 Å². The lowest BCUT2D eigenvalue weighted by atomic mass is 9.84. The molecule has 0 spiro atoms. The zero-order chi connectivity index (χ0) is 22.8. The number of carbonyl (C=O) groups excluding carboxylic acids is 2. The first kappa shape index (κ1) is 22.6. The minimum absolute atomic E-state index is 0.0571. The number of para-hydroxylation sites is 1. The predicted molar refractivity (Wildman–Crippen MR) is 117 cm³/mol. The van der Waals surface area contributed by atoms with Crippen LogP contribution < -0.4 is 15.8 Å².